The Morgan fingerprint density at radius 3 is 2.79 bits per heavy atom. The molecule has 84 valence electrons. The van der Waals surface area contributed by atoms with E-state index >= 15 is 0 Å². The number of carbonyl (C=O) groups excluding carboxylic acids is 1. The van der Waals surface area contributed by atoms with Gasteiger partial charge in [-0.25, -0.2) is 0 Å². The Labute approximate surface area is 91.4 Å². The second-order valence-corrected chi connectivity index (χ2v) is 4.66. The van der Waals surface area contributed by atoms with Gasteiger partial charge in [-0.3, -0.25) is 4.79 Å². The van der Waals surface area contributed by atoms with Crippen LogP contribution in [0.4, 0.5) is 0 Å². The Morgan fingerprint density at radius 1 is 1.50 bits per heavy atom. The highest BCUT2D eigenvalue weighted by molar-refractivity contribution is 7.99. The molecule has 0 aliphatic heterocycles. The van der Waals surface area contributed by atoms with Crippen molar-refractivity contribution in [1.82, 2.24) is 10.6 Å². The van der Waals surface area contributed by atoms with Gasteiger partial charge in [-0.1, -0.05) is 20.3 Å². The van der Waals surface area contributed by atoms with Gasteiger partial charge in [0.2, 0.25) is 5.91 Å². The zero-order valence-electron chi connectivity index (χ0n) is 9.43. The minimum absolute atomic E-state index is 0.103. The number of thioether (sulfide) groups is 1. The zero-order chi connectivity index (χ0) is 10.8. The van der Waals surface area contributed by atoms with E-state index in [0.29, 0.717) is 11.8 Å². The molecule has 4 heteroatoms. The van der Waals surface area contributed by atoms with Crippen molar-refractivity contribution in [3.63, 3.8) is 0 Å². The Balaban J connectivity index is 3.26. The zero-order valence-corrected chi connectivity index (χ0v) is 10.2. The highest BCUT2D eigenvalue weighted by Crippen LogP contribution is 2.01. The van der Waals surface area contributed by atoms with Gasteiger partial charge in [0, 0.05) is 18.3 Å². The van der Waals surface area contributed by atoms with Crippen LogP contribution in [0.5, 0.6) is 0 Å². The fourth-order valence-corrected chi connectivity index (χ4v) is 1.22. The van der Waals surface area contributed by atoms with Crippen LogP contribution in [0.2, 0.25) is 0 Å². The third kappa shape index (κ3) is 8.38. The lowest BCUT2D eigenvalue weighted by Crippen LogP contribution is -2.36. The summed E-state index contributed by atoms with van der Waals surface area (Å²) in [6.07, 6.45) is 4.26. The van der Waals surface area contributed by atoms with Crippen molar-refractivity contribution in [3.05, 3.63) is 0 Å². The van der Waals surface area contributed by atoms with Gasteiger partial charge in [-0.05, 0) is 12.7 Å². The number of unbranched alkanes of at least 4 members (excludes halogenated alkanes) is 1. The van der Waals surface area contributed by atoms with E-state index in [1.54, 1.807) is 11.8 Å². The van der Waals surface area contributed by atoms with E-state index in [-0.39, 0.29) is 5.91 Å². The first kappa shape index (κ1) is 13.8. The Hall–Kier alpha value is -0.220. The lowest BCUT2D eigenvalue weighted by Gasteiger charge is -2.09. The van der Waals surface area contributed by atoms with Crippen LogP contribution in [-0.2, 0) is 4.79 Å². The first-order chi connectivity index (χ1) is 6.70. The second kappa shape index (κ2) is 9.34. The molecule has 0 heterocycles. The summed E-state index contributed by atoms with van der Waals surface area (Å²) in [6, 6.07) is 0. The number of carbonyl (C=O) groups is 1. The molecule has 0 aliphatic carbocycles. The Kier molecular flexibility index (Phi) is 9.19. The molecule has 0 saturated carbocycles. The summed E-state index contributed by atoms with van der Waals surface area (Å²) >= 11 is 1.80. The first-order valence-electron chi connectivity index (χ1n) is 5.20. The van der Waals surface area contributed by atoms with Crippen LogP contribution in [0.25, 0.3) is 0 Å². The summed E-state index contributed by atoms with van der Waals surface area (Å²) in [4.78, 5) is 11.2. The molecule has 0 saturated heterocycles. The fourth-order valence-electron chi connectivity index (χ4n) is 0.939. The average molecular weight is 218 g/mol. The van der Waals surface area contributed by atoms with Crippen LogP contribution >= 0.6 is 11.8 Å². The van der Waals surface area contributed by atoms with E-state index in [1.807, 2.05) is 0 Å². The van der Waals surface area contributed by atoms with Crippen molar-refractivity contribution in [3.8, 4) is 0 Å². The molecule has 0 spiro atoms. The van der Waals surface area contributed by atoms with E-state index in [1.165, 1.54) is 0 Å². The molecule has 0 rings (SSSR count). The number of hydrogen-bond donors (Lipinski definition) is 2. The molecule has 1 atom stereocenters. The van der Waals surface area contributed by atoms with E-state index in [2.05, 4.69) is 30.7 Å². The predicted molar refractivity (Wildman–Crippen MR) is 63.8 cm³/mol. The van der Waals surface area contributed by atoms with Crippen LogP contribution in [0.15, 0.2) is 0 Å². The van der Waals surface area contributed by atoms with Crippen molar-refractivity contribution in [2.75, 3.05) is 25.9 Å². The number of rotatable bonds is 8. The molecule has 0 radical (unpaired) electrons. The van der Waals surface area contributed by atoms with Crippen LogP contribution in [-0.4, -0.2) is 37.0 Å². The smallest absolute Gasteiger partial charge is 0.233 e. The molecule has 0 aliphatic rings. The largest absolute Gasteiger partial charge is 0.355 e. The van der Waals surface area contributed by atoms with Gasteiger partial charge in [-0.15, -0.1) is 0 Å². The molecule has 2 N–H and O–H groups in total. The maximum Gasteiger partial charge on any atom is 0.233 e. The molecule has 3 nitrogen and oxygen atoms in total. The summed E-state index contributed by atoms with van der Waals surface area (Å²) < 4.78 is 0. The van der Waals surface area contributed by atoms with Crippen molar-refractivity contribution in [1.29, 1.82) is 0 Å². The molecule has 0 aromatic heterocycles. The normalized spacial score (nSPS) is 12.5. The molecular weight excluding hydrogens is 196 g/mol. The molecule has 0 bridgehead atoms. The van der Waals surface area contributed by atoms with Gasteiger partial charge in [-0.2, -0.15) is 11.8 Å². The monoisotopic (exact) mass is 218 g/mol. The van der Waals surface area contributed by atoms with Gasteiger partial charge in [0.05, 0.1) is 6.54 Å². The lowest BCUT2D eigenvalue weighted by molar-refractivity contribution is -0.120. The van der Waals surface area contributed by atoms with E-state index in [9.17, 15) is 4.79 Å². The van der Waals surface area contributed by atoms with Crippen LogP contribution in [0.3, 0.4) is 0 Å². The minimum Gasteiger partial charge on any atom is -0.355 e. The standard InChI is InChI=1S/C10H22N2OS/c1-4-5-6-12-10(13)8-11-7-9(2)14-3/h9,11H,4-8H2,1-3H3,(H,12,13). The fraction of sp³-hybridized carbons (Fsp3) is 0.900. The average Bonchev–Trinajstić information content (AvgIpc) is 2.18. The highest BCUT2D eigenvalue weighted by atomic mass is 32.2. The SMILES string of the molecule is CCCCNC(=O)CNCC(C)SC. The van der Waals surface area contributed by atoms with E-state index in [4.69, 9.17) is 0 Å². The third-order valence-corrected chi connectivity index (χ3v) is 2.94. The molecular formula is C10H22N2OS. The van der Waals surface area contributed by atoms with Gasteiger partial charge in [0.25, 0.3) is 0 Å². The number of hydrogen-bond acceptors (Lipinski definition) is 3. The summed E-state index contributed by atoms with van der Waals surface area (Å²) in [7, 11) is 0. The minimum atomic E-state index is 0.103. The quantitative estimate of drug-likeness (QED) is 0.602. The summed E-state index contributed by atoms with van der Waals surface area (Å²) in [5, 5.41) is 6.56. The van der Waals surface area contributed by atoms with Crippen molar-refractivity contribution >= 4 is 17.7 Å². The predicted octanol–water partition coefficient (Wildman–Crippen LogP) is 1.24. The molecule has 0 aromatic rings. The maximum atomic E-state index is 11.2. The summed E-state index contributed by atoms with van der Waals surface area (Å²) in [5.74, 6) is 0.103. The molecule has 0 aromatic carbocycles. The van der Waals surface area contributed by atoms with Gasteiger partial charge in [0.15, 0.2) is 0 Å². The molecule has 1 amide bonds. The van der Waals surface area contributed by atoms with Crippen molar-refractivity contribution in [2.45, 2.75) is 31.9 Å². The lowest BCUT2D eigenvalue weighted by atomic mass is 10.3. The second-order valence-electron chi connectivity index (χ2n) is 3.38. The number of nitrogens with one attached hydrogen (secondary N) is 2. The number of amides is 1. The molecule has 1 unspecified atom stereocenters. The van der Waals surface area contributed by atoms with E-state index in [0.717, 1.165) is 25.9 Å². The highest BCUT2D eigenvalue weighted by Gasteiger charge is 2.01. The Bertz CT molecular complexity index is 153. The van der Waals surface area contributed by atoms with Crippen LogP contribution < -0.4 is 10.6 Å². The van der Waals surface area contributed by atoms with Gasteiger partial charge < -0.3 is 10.6 Å². The topological polar surface area (TPSA) is 41.1 Å². The summed E-state index contributed by atoms with van der Waals surface area (Å²) in [6.45, 7) is 6.39. The molecule has 14 heavy (non-hydrogen) atoms. The van der Waals surface area contributed by atoms with Crippen LogP contribution in [0.1, 0.15) is 26.7 Å². The first-order valence-corrected chi connectivity index (χ1v) is 6.49. The van der Waals surface area contributed by atoms with Crippen molar-refractivity contribution < 1.29 is 4.79 Å². The summed E-state index contributed by atoms with van der Waals surface area (Å²) in [5.41, 5.74) is 0. The van der Waals surface area contributed by atoms with E-state index < -0.39 is 0 Å². The Morgan fingerprint density at radius 2 is 2.21 bits per heavy atom. The van der Waals surface area contributed by atoms with Crippen LogP contribution in [0, 0.1) is 0 Å². The van der Waals surface area contributed by atoms with Gasteiger partial charge in [0.1, 0.15) is 0 Å². The molecule has 0 fully saturated rings. The third-order valence-electron chi connectivity index (χ3n) is 1.97. The van der Waals surface area contributed by atoms with Crippen molar-refractivity contribution in [2.24, 2.45) is 0 Å². The maximum absolute atomic E-state index is 11.2. The van der Waals surface area contributed by atoms with Gasteiger partial charge >= 0.3 is 0 Å².